The van der Waals surface area contributed by atoms with E-state index in [0.717, 1.165) is 17.1 Å². The van der Waals surface area contributed by atoms with Crippen LogP contribution in [0.25, 0.3) is 17.1 Å². The standard InChI is InChI=1S/C16H12ClF6N3O2/c17-3-1-2-12(7-13(27)28)26-8-24-14(25-26)9-4-10(15(18,19)20)6-11(5-9)16(21,22)23/h4-8H,1-3H2,(H,27,28)/b12-7-. The maximum atomic E-state index is 13.0. The largest absolute Gasteiger partial charge is 0.478 e. The number of aliphatic carboxylic acids is 1. The molecule has 0 radical (unpaired) electrons. The number of carbonyl (C=O) groups is 1. The second kappa shape index (κ2) is 8.21. The van der Waals surface area contributed by atoms with Crippen LogP contribution in [-0.2, 0) is 17.1 Å². The number of aromatic nitrogens is 3. The maximum absolute atomic E-state index is 13.0. The predicted octanol–water partition coefficient (Wildman–Crippen LogP) is 4.93. The van der Waals surface area contributed by atoms with Crippen LogP contribution in [0.1, 0.15) is 24.0 Å². The van der Waals surface area contributed by atoms with Crippen LogP contribution in [0.2, 0.25) is 0 Å². The highest BCUT2D eigenvalue weighted by molar-refractivity contribution is 6.17. The molecule has 0 atom stereocenters. The third-order valence-electron chi connectivity index (χ3n) is 3.49. The van der Waals surface area contributed by atoms with Crippen molar-refractivity contribution in [3.63, 3.8) is 0 Å². The van der Waals surface area contributed by atoms with Gasteiger partial charge in [0.25, 0.3) is 0 Å². The first-order chi connectivity index (χ1) is 12.9. The molecular formula is C16H12ClF6N3O2. The van der Waals surface area contributed by atoms with Gasteiger partial charge in [-0.15, -0.1) is 16.7 Å². The minimum atomic E-state index is -5.01. The van der Waals surface area contributed by atoms with Gasteiger partial charge in [0.15, 0.2) is 5.82 Å². The van der Waals surface area contributed by atoms with Gasteiger partial charge in [0.2, 0.25) is 0 Å². The van der Waals surface area contributed by atoms with Gasteiger partial charge in [0, 0.05) is 17.5 Å². The number of benzene rings is 1. The number of hydrogen-bond donors (Lipinski definition) is 1. The van der Waals surface area contributed by atoms with E-state index < -0.39 is 40.8 Å². The summed E-state index contributed by atoms with van der Waals surface area (Å²) < 4.78 is 78.8. The number of nitrogens with zero attached hydrogens (tertiary/aromatic N) is 3. The first-order valence-electron chi connectivity index (χ1n) is 7.63. The molecule has 0 amide bonds. The summed E-state index contributed by atoms with van der Waals surface area (Å²) in [6.07, 6.45) is -7.67. The minimum Gasteiger partial charge on any atom is -0.478 e. The van der Waals surface area contributed by atoms with Crippen molar-refractivity contribution in [1.82, 2.24) is 14.8 Å². The molecule has 0 saturated carbocycles. The molecule has 152 valence electrons. The monoisotopic (exact) mass is 427 g/mol. The SMILES string of the molecule is O=C(O)/C=C(/CCCCl)n1cnc(-c2cc(C(F)(F)F)cc(C(F)(F)F)c2)n1. The van der Waals surface area contributed by atoms with E-state index in [1.165, 1.54) is 0 Å². The van der Waals surface area contributed by atoms with E-state index in [2.05, 4.69) is 10.1 Å². The fourth-order valence-corrected chi connectivity index (χ4v) is 2.39. The molecule has 1 N–H and O–H groups in total. The van der Waals surface area contributed by atoms with Gasteiger partial charge >= 0.3 is 18.3 Å². The van der Waals surface area contributed by atoms with Gasteiger partial charge < -0.3 is 5.11 Å². The Morgan fingerprint density at radius 2 is 1.68 bits per heavy atom. The Morgan fingerprint density at radius 1 is 1.11 bits per heavy atom. The van der Waals surface area contributed by atoms with Crippen LogP contribution < -0.4 is 0 Å². The Kier molecular flexibility index (Phi) is 6.37. The van der Waals surface area contributed by atoms with Crippen LogP contribution in [0.5, 0.6) is 0 Å². The van der Waals surface area contributed by atoms with Gasteiger partial charge in [-0.2, -0.15) is 26.3 Å². The van der Waals surface area contributed by atoms with Crippen LogP contribution in [0.4, 0.5) is 26.3 Å². The maximum Gasteiger partial charge on any atom is 0.416 e. The number of hydrogen-bond acceptors (Lipinski definition) is 3. The fourth-order valence-electron chi connectivity index (χ4n) is 2.26. The second-order valence-corrected chi connectivity index (χ2v) is 5.95. The van der Waals surface area contributed by atoms with Crippen molar-refractivity contribution < 1.29 is 36.2 Å². The molecule has 0 unspecified atom stereocenters. The second-order valence-electron chi connectivity index (χ2n) is 5.57. The first kappa shape index (κ1) is 21.7. The van der Waals surface area contributed by atoms with Gasteiger partial charge in [-0.1, -0.05) is 0 Å². The van der Waals surface area contributed by atoms with Gasteiger partial charge in [-0.25, -0.2) is 14.5 Å². The van der Waals surface area contributed by atoms with E-state index in [-0.39, 0.29) is 24.1 Å². The average Bonchev–Trinajstić information content (AvgIpc) is 3.06. The van der Waals surface area contributed by atoms with Gasteiger partial charge in [-0.3, -0.25) is 0 Å². The molecule has 0 bridgehead atoms. The van der Waals surface area contributed by atoms with Gasteiger partial charge in [0.05, 0.1) is 16.8 Å². The molecule has 0 aliphatic carbocycles. The number of rotatable bonds is 6. The molecular weight excluding hydrogens is 416 g/mol. The van der Waals surface area contributed by atoms with Gasteiger partial charge in [0.1, 0.15) is 6.33 Å². The van der Waals surface area contributed by atoms with Crippen molar-refractivity contribution in [1.29, 1.82) is 0 Å². The lowest BCUT2D eigenvalue weighted by Crippen LogP contribution is -2.11. The molecule has 2 rings (SSSR count). The quantitative estimate of drug-likeness (QED) is 0.403. The average molecular weight is 428 g/mol. The summed E-state index contributed by atoms with van der Waals surface area (Å²) >= 11 is 5.56. The molecule has 0 fully saturated rings. The van der Waals surface area contributed by atoms with E-state index in [1.54, 1.807) is 0 Å². The molecule has 1 heterocycles. The number of carboxylic acid groups (broad SMARTS) is 1. The summed E-state index contributed by atoms with van der Waals surface area (Å²) in [6, 6.07) is 0.985. The van der Waals surface area contributed by atoms with Crippen LogP contribution in [-0.4, -0.2) is 31.7 Å². The molecule has 1 aromatic carbocycles. The summed E-state index contributed by atoms with van der Waals surface area (Å²) in [5.74, 6) is -1.51. The highest BCUT2D eigenvalue weighted by Crippen LogP contribution is 2.38. The van der Waals surface area contributed by atoms with E-state index in [9.17, 15) is 31.1 Å². The first-order valence-corrected chi connectivity index (χ1v) is 8.16. The van der Waals surface area contributed by atoms with E-state index in [4.69, 9.17) is 16.7 Å². The third-order valence-corrected chi connectivity index (χ3v) is 3.76. The smallest absolute Gasteiger partial charge is 0.416 e. The lowest BCUT2D eigenvalue weighted by atomic mass is 10.0. The molecule has 5 nitrogen and oxygen atoms in total. The molecule has 12 heteroatoms. The summed E-state index contributed by atoms with van der Waals surface area (Å²) in [5, 5.41) is 12.7. The zero-order valence-corrected chi connectivity index (χ0v) is 14.6. The molecule has 2 aromatic rings. The van der Waals surface area contributed by atoms with Crippen LogP contribution in [0, 0.1) is 0 Å². The third kappa shape index (κ3) is 5.47. The Morgan fingerprint density at radius 3 is 2.14 bits per heavy atom. The highest BCUT2D eigenvalue weighted by Gasteiger charge is 2.37. The summed E-state index contributed by atoms with van der Waals surface area (Å²) in [4.78, 5) is 14.6. The van der Waals surface area contributed by atoms with Crippen molar-refractivity contribution in [3.8, 4) is 11.4 Å². The molecule has 0 saturated heterocycles. The van der Waals surface area contributed by atoms with E-state index in [0.29, 0.717) is 18.6 Å². The Hall–Kier alpha value is -2.56. The van der Waals surface area contributed by atoms with Gasteiger partial charge in [-0.05, 0) is 31.0 Å². The van der Waals surface area contributed by atoms with Crippen molar-refractivity contribution in [2.24, 2.45) is 0 Å². The van der Waals surface area contributed by atoms with Crippen LogP contribution >= 0.6 is 11.6 Å². The minimum absolute atomic E-state index is 0.00325. The number of alkyl halides is 7. The Labute approximate surface area is 159 Å². The zero-order chi connectivity index (χ0) is 21.1. The van der Waals surface area contributed by atoms with E-state index in [1.807, 2.05) is 0 Å². The topological polar surface area (TPSA) is 68.0 Å². The molecule has 1 aromatic heterocycles. The normalized spacial score (nSPS) is 13.0. The molecule has 28 heavy (non-hydrogen) atoms. The van der Waals surface area contributed by atoms with Crippen molar-refractivity contribution in [2.75, 3.05) is 5.88 Å². The molecule has 0 aliphatic heterocycles. The number of carboxylic acids is 1. The van der Waals surface area contributed by atoms with Crippen molar-refractivity contribution >= 4 is 23.3 Å². The molecule has 0 spiro atoms. The Balaban J connectivity index is 2.52. The number of allylic oxidation sites excluding steroid dienone is 1. The zero-order valence-electron chi connectivity index (χ0n) is 13.9. The van der Waals surface area contributed by atoms with Crippen LogP contribution in [0.15, 0.2) is 30.6 Å². The summed E-state index contributed by atoms with van der Waals surface area (Å²) in [6.45, 7) is 0. The predicted molar refractivity (Wildman–Crippen MR) is 87.3 cm³/mol. The number of halogens is 7. The van der Waals surface area contributed by atoms with Crippen molar-refractivity contribution in [2.45, 2.75) is 25.2 Å². The van der Waals surface area contributed by atoms with E-state index >= 15 is 0 Å². The highest BCUT2D eigenvalue weighted by atomic mass is 35.5. The fraction of sp³-hybridized carbons (Fsp3) is 0.312. The Bertz CT molecular complexity index is 857. The summed E-state index contributed by atoms with van der Waals surface area (Å²) in [5.41, 5.74) is -3.39. The summed E-state index contributed by atoms with van der Waals surface area (Å²) in [7, 11) is 0. The lowest BCUT2D eigenvalue weighted by Gasteiger charge is -2.13. The van der Waals surface area contributed by atoms with Crippen molar-refractivity contribution in [3.05, 3.63) is 41.7 Å². The lowest BCUT2D eigenvalue weighted by molar-refractivity contribution is -0.143. The molecule has 0 aliphatic rings. The van der Waals surface area contributed by atoms with Crippen LogP contribution in [0.3, 0.4) is 0 Å².